The number of esters is 1. The van der Waals surface area contributed by atoms with Crippen molar-refractivity contribution in [2.24, 2.45) is 0 Å². The van der Waals surface area contributed by atoms with Gasteiger partial charge in [0.2, 0.25) is 0 Å². The molecule has 0 radical (unpaired) electrons. The maximum Gasteiger partial charge on any atom is 0.337 e. The van der Waals surface area contributed by atoms with E-state index in [0.717, 1.165) is 4.90 Å². The van der Waals surface area contributed by atoms with Crippen LogP contribution in [0, 0.1) is 0 Å². The van der Waals surface area contributed by atoms with Crippen molar-refractivity contribution in [3.63, 3.8) is 0 Å². The number of benzene rings is 3. The van der Waals surface area contributed by atoms with Crippen LogP contribution in [0.4, 0.5) is 5.69 Å². The molecular formula is C20H12ClNO4. The Labute approximate surface area is 153 Å². The molecule has 0 fully saturated rings. The van der Waals surface area contributed by atoms with Crippen molar-refractivity contribution < 1.29 is 19.1 Å². The summed E-state index contributed by atoms with van der Waals surface area (Å²) in [4.78, 5) is 38.6. The lowest BCUT2D eigenvalue weighted by atomic mass is 9.93. The van der Waals surface area contributed by atoms with E-state index in [-0.39, 0.29) is 0 Å². The molecule has 26 heavy (non-hydrogen) atoms. The van der Waals surface area contributed by atoms with Gasteiger partial charge in [-0.15, -0.1) is 0 Å². The molecule has 0 atom stereocenters. The monoisotopic (exact) mass is 365 g/mol. The second-order valence-corrected chi connectivity index (χ2v) is 6.21. The molecule has 2 amide bonds. The Hall–Kier alpha value is -3.18. The van der Waals surface area contributed by atoms with E-state index in [1.807, 2.05) is 0 Å². The molecule has 1 aliphatic heterocycles. The fraction of sp³-hybridized carbons (Fsp3) is 0.0500. The van der Waals surface area contributed by atoms with Crippen molar-refractivity contribution in [3.05, 3.63) is 76.3 Å². The quantitative estimate of drug-likeness (QED) is 0.507. The molecule has 128 valence electrons. The highest BCUT2D eigenvalue weighted by Crippen LogP contribution is 2.35. The van der Waals surface area contributed by atoms with Gasteiger partial charge in [0, 0.05) is 26.9 Å². The number of hydrogen-bond donors (Lipinski definition) is 0. The van der Waals surface area contributed by atoms with Crippen LogP contribution in [-0.4, -0.2) is 24.9 Å². The van der Waals surface area contributed by atoms with Crippen LogP contribution < -0.4 is 4.90 Å². The Balaban J connectivity index is 1.86. The van der Waals surface area contributed by atoms with Crippen LogP contribution >= 0.6 is 11.6 Å². The zero-order valence-electron chi connectivity index (χ0n) is 13.7. The fourth-order valence-electron chi connectivity index (χ4n) is 3.16. The number of rotatable bonds is 2. The van der Waals surface area contributed by atoms with Gasteiger partial charge < -0.3 is 4.74 Å². The summed E-state index contributed by atoms with van der Waals surface area (Å²) in [6, 6.07) is 14.6. The Morgan fingerprint density at radius 2 is 1.58 bits per heavy atom. The van der Waals surface area contributed by atoms with E-state index < -0.39 is 17.8 Å². The third kappa shape index (κ3) is 2.29. The predicted molar refractivity (Wildman–Crippen MR) is 97.9 cm³/mol. The molecule has 1 heterocycles. The molecule has 0 spiro atoms. The summed E-state index contributed by atoms with van der Waals surface area (Å²) in [5, 5.41) is 1.73. The van der Waals surface area contributed by atoms with Crippen molar-refractivity contribution in [3.8, 4) is 0 Å². The first-order valence-corrected chi connectivity index (χ1v) is 8.19. The van der Waals surface area contributed by atoms with Crippen LogP contribution in [0.2, 0.25) is 5.02 Å². The van der Waals surface area contributed by atoms with E-state index in [2.05, 4.69) is 4.74 Å². The summed E-state index contributed by atoms with van der Waals surface area (Å²) in [6.07, 6.45) is 0. The number of anilines is 1. The van der Waals surface area contributed by atoms with Crippen molar-refractivity contribution >= 4 is 45.8 Å². The Morgan fingerprint density at radius 1 is 0.923 bits per heavy atom. The van der Waals surface area contributed by atoms with Crippen LogP contribution in [0.15, 0.2) is 54.6 Å². The van der Waals surface area contributed by atoms with E-state index in [4.69, 9.17) is 11.6 Å². The average Bonchev–Trinajstić information content (AvgIpc) is 2.67. The molecule has 3 aromatic rings. The zero-order valence-corrected chi connectivity index (χ0v) is 14.4. The molecule has 0 saturated heterocycles. The minimum atomic E-state index is -0.488. The van der Waals surface area contributed by atoms with E-state index >= 15 is 0 Å². The third-order valence-electron chi connectivity index (χ3n) is 4.40. The second-order valence-electron chi connectivity index (χ2n) is 5.81. The smallest absolute Gasteiger partial charge is 0.337 e. The van der Waals surface area contributed by atoms with E-state index in [9.17, 15) is 14.4 Å². The summed E-state index contributed by atoms with van der Waals surface area (Å²) in [5.74, 6) is -1.35. The van der Waals surface area contributed by atoms with Gasteiger partial charge in [-0.1, -0.05) is 23.7 Å². The standard InChI is InChI=1S/C20H12ClNO4/c1-26-20(25)11-5-7-12(8-6-11)22-18(23)14-4-2-3-13-16(21)10-9-15(17(13)14)19(22)24/h2-10H,1H3. The first kappa shape index (κ1) is 16.3. The van der Waals surface area contributed by atoms with Gasteiger partial charge in [0.1, 0.15) is 0 Å². The molecule has 6 heteroatoms. The van der Waals surface area contributed by atoms with Crippen LogP contribution in [-0.2, 0) is 4.74 Å². The molecule has 1 aliphatic rings. The summed E-state index contributed by atoms with van der Waals surface area (Å²) in [5.41, 5.74) is 1.54. The van der Waals surface area contributed by atoms with Gasteiger partial charge in [-0.25, -0.2) is 9.69 Å². The topological polar surface area (TPSA) is 63.7 Å². The maximum absolute atomic E-state index is 13.0. The van der Waals surface area contributed by atoms with Gasteiger partial charge in [-0.2, -0.15) is 0 Å². The molecule has 0 bridgehead atoms. The lowest BCUT2D eigenvalue weighted by Crippen LogP contribution is -2.40. The molecule has 0 aromatic heterocycles. The number of halogens is 1. The number of carbonyl (C=O) groups is 3. The third-order valence-corrected chi connectivity index (χ3v) is 4.73. The van der Waals surface area contributed by atoms with Crippen LogP contribution in [0.5, 0.6) is 0 Å². The highest BCUT2D eigenvalue weighted by atomic mass is 35.5. The van der Waals surface area contributed by atoms with Crippen molar-refractivity contribution in [1.29, 1.82) is 0 Å². The van der Waals surface area contributed by atoms with E-state index in [1.54, 1.807) is 42.5 Å². The van der Waals surface area contributed by atoms with Crippen LogP contribution in [0.1, 0.15) is 31.1 Å². The molecule has 5 nitrogen and oxygen atoms in total. The molecule has 3 aromatic carbocycles. The number of ether oxygens (including phenoxy) is 1. The highest BCUT2D eigenvalue weighted by Gasteiger charge is 2.34. The summed E-state index contributed by atoms with van der Waals surface area (Å²) < 4.78 is 4.66. The number of nitrogens with zero attached hydrogens (tertiary/aromatic N) is 1. The molecule has 0 N–H and O–H groups in total. The molecule has 0 saturated carbocycles. The highest BCUT2D eigenvalue weighted by molar-refractivity contribution is 6.40. The van der Waals surface area contributed by atoms with Gasteiger partial charge in [0.15, 0.2) is 0 Å². The maximum atomic E-state index is 13.0. The molecule has 0 aliphatic carbocycles. The van der Waals surface area contributed by atoms with Crippen LogP contribution in [0.25, 0.3) is 10.8 Å². The largest absolute Gasteiger partial charge is 0.465 e. The Morgan fingerprint density at radius 3 is 2.23 bits per heavy atom. The van der Waals surface area contributed by atoms with Crippen LogP contribution in [0.3, 0.4) is 0 Å². The van der Waals surface area contributed by atoms with Crippen molar-refractivity contribution in [2.45, 2.75) is 0 Å². The summed E-state index contributed by atoms with van der Waals surface area (Å²) >= 11 is 6.21. The van der Waals surface area contributed by atoms with Gasteiger partial charge >= 0.3 is 5.97 Å². The normalized spacial score (nSPS) is 13.2. The SMILES string of the molecule is COC(=O)c1ccc(N2C(=O)c3cccc4c(Cl)ccc(c34)C2=O)cc1. The van der Waals surface area contributed by atoms with Gasteiger partial charge in [0.05, 0.1) is 18.4 Å². The first-order valence-electron chi connectivity index (χ1n) is 7.81. The summed E-state index contributed by atoms with van der Waals surface area (Å²) in [6.45, 7) is 0. The van der Waals surface area contributed by atoms with Gasteiger partial charge in [-0.05, 0) is 42.5 Å². The Bertz CT molecular complexity index is 1070. The lowest BCUT2D eigenvalue weighted by Gasteiger charge is -2.27. The number of imide groups is 1. The number of carbonyl (C=O) groups excluding carboxylic acids is 3. The molecular weight excluding hydrogens is 354 g/mol. The van der Waals surface area contributed by atoms with Crippen molar-refractivity contribution in [2.75, 3.05) is 12.0 Å². The predicted octanol–water partition coefficient (Wildman–Crippen LogP) is 4.08. The minimum Gasteiger partial charge on any atom is -0.465 e. The fourth-order valence-corrected chi connectivity index (χ4v) is 3.38. The zero-order chi connectivity index (χ0) is 18.4. The van der Waals surface area contributed by atoms with E-state index in [1.165, 1.54) is 19.2 Å². The summed E-state index contributed by atoms with van der Waals surface area (Å²) in [7, 11) is 1.29. The average molecular weight is 366 g/mol. The number of amides is 2. The molecule has 0 unspecified atom stereocenters. The first-order chi connectivity index (χ1) is 12.5. The Kier molecular flexibility index (Phi) is 3.74. The van der Waals surface area contributed by atoms with E-state index in [0.29, 0.717) is 38.2 Å². The second kappa shape index (κ2) is 5.97. The van der Waals surface area contributed by atoms with Gasteiger partial charge in [0.25, 0.3) is 11.8 Å². The van der Waals surface area contributed by atoms with Gasteiger partial charge in [-0.3, -0.25) is 9.59 Å². The minimum absolute atomic E-state index is 0.336. The molecule has 4 rings (SSSR count). The van der Waals surface area contributed by atoms with Crippen molar-refractivity contribution in [1.82, 2.24) is 0 Å². The number of methoxy groups -OCH3 is 1. The lowest BCUT2D eigenvalue weighted by molar-refractivity contribution is 0.0600. The number of hydrogen-bond acceptors (Lipinski definition) is 4.